The summed E-state index contributed by atoms with van der Waals surface area (Å²) in [5.41, 5.74) is 1.91. The van der Waals surface area contributed by atoms with Crippen LogP contribution < -0.4 is 10.6 Å². The highest BCUT2D eigenvalue weighted by molar-refractivity contribution is 5.88. The van der Waals surface area contributed by atoms with Crippen molar-refractivity contribution in [2.75, 3.05) is 10.6 Å². The second-order valence-corrected chi connectivity index (χ2v) is 3.71. The zero-order valence-electron chi connectivity index (χ0n) is 9.50. The van der Waals surface area contributed by atoms with E-state index >= 15 is 0 Å². The first-order valence-corrected chi connectivity index (χ1v) is 5.26. The molecular weight excluding hydrogens is 188 g/mol. The Morgan fingerprint density at radius 2 is 1.80 bits per heavy atom. The lowest BCUT2D eigenvalue weighted by atomic mass is 10.2. The van der Waals surface area contributed by atoms with E-state index in [1.54, 1.807) is 0 Å². The van der Waals surface area contributed by atoms with E-state index in [2.05, 4.69) is 24.5 Å². The number of rotatable bonds is 4. The van der Waals surface area contributed by atoms with Crippen LogP contribution in [0.25, 0.3) is 0 Å². The number of carbonyl (C=O) groups excluding carboxylic acids is 1. The van der Waals surface area contributed by atoms with Gasteiger partial charge in [-0.2, -0.15) is 0 Å². The Hall–Kier alpha value is -1.51. The fraction of sp³-hybridized carbons (Fsp3) is 0.417. The molecule has 0 aliphatic carbocycles. The van der Waals surface area contributed by atoms with Gasteiger partial charge in [0, 0.05) is 24.3 Å². The maximum atomic E-state index is 10.8. The fourth-order valence-corrected chi connectivity index (χ4v) is 1.24. The van der Waals surface area contributed by atoms with Crippen molar-refractivity contribution in [1.29, 1.82) is 0 Å². The summed E-state index contributed by atoms with van der Waals surface area (Å²) >= 11 is 0. The van der Waals surface area contributed by atoms with Gasteiger partial charge in [0.15, 0.2) is 0 Å². The average molecular weight is 206 g/mol. The van der Waals surface area contributed by atoms with E-state index in [1.807, 2.05) is 24.3 Å². The molecule has 0 spiro atoms. The normalized spacial score (nSPS) is 11.9. The lowest BCUT2D eigenvalue weighted by molar-refractivity contribution is -0.114. The Bertz CT molecular complexity index is 319. The van der Waals surface area contributed by atoms with Gasteiger partial charge in [-0.25, -0.2) is 0 Å². The van der Waals surface area contributed by atoms with Gasteiger partial charge in [0.1, 0.15) is 0 Å². The minimum absolute atomic E-state index is 0.0439. The summed E-state index contributed by atoms with van der Waals surface area (Å²) in [5, 5.41) is 6.09. The minimum Gasteiger partial charge on any atom is -0.383 e. The smallest absolute Gasteiger partial charge is 0.221 e. The largest absolute Gasteiger partial charge is 0.383 e. The Kier molecular flexibility index (Phi) is 4.16. The second-order valence-electron chi connectivity index (χ2n) is 3.71. The lowest BCUT2D eigenvalue weighted by Crippen LogP contribution is -2.13. The Balaban J connectivity index is 2.60. The zero-order valence-corrected chi connectivity index (χ0v) is 9.50. The van der Waals surface area contributed by atoms with E-state index < -0.39 is 0 Å². The van der Waals surface area contributed by atoms with Gasteiger partial charge in [0.2, 0.25) is 5.91 Å². The summed E-state index contributed by atoms with van der Waals surface area (Å²) in [6.45, 7) is 5.79. The van der Waals surface area contributed by atoms with Crippen molar-refractivity contribution in [3.05, 3.63) is 24.3 Å². The first kappa shape index (κ1) is 11.6. The second kappa shape index (κ2) is 5.39. The standard InChI is InChI=1S/C12H18N2O/c1-4-9(2)13-11-5-7-12(8-6-11)14-10(3)15/h5-9,13H,4H2,1-3H3,(H,14,15)/t9-/m1/s1. The van der Waals surface area contributed by atoms with Gasteiger partial charge in [-0.3, -0.25) is 4.79 Å². The number of anilines is 2. The molecule has 0 aliphatic heterocycles. The predicted octanol–water partition coefficient (Wildman–Crippen LogP) is 2.86. The number of hydrogen-bond acceptors (Lipinski definition) is 2. The van der Waals surface area contributed by atoms with Gasteiger partial charge in [0.05, 0.1) is 0 Å². The van der Waals surface area contributed by atoms with Crippen molar-refractivity contribution in [1.82, 2.24) is 0 Å². The number of benzene rings is 1. The monoisotopic (exact) mass is 206 g/mol. The topological polar surface area (TPSA) is 41.1 Å². The van der Waals surface area contributed by atoms with Crippen LogP contribution in [0.15, 0.2) is 24.3 Å². The third kappa shape index (κ3) is 4.02. The summed E-state index contributed by atoms with van der Waals surface area (Å²) in [6, 6.07) is 8.20. The third-order valence-corrected chi connectivity index (χ3v) is 2.23. The highest BCUT2D eigenvalue weighted by Gasteiger charge is 1.99. The van der Waals surface area contributed by atoms with E-state index in [9.17, 15) is 4.79 Å². The molecule has 3 heteroatoms. The Morgan fingerprint density at radius 1 is 1.27 bits per heavy atom. The molecule has 0 aromatic heterocycles. The summed E-state index contributed by atoms with van der Waals surface area (Å²) in [7, 11) is 0. The molecule has 0 bridgehead atoms. The van der Waals surface area contributed by atoms with Crippen LogP contribution in [-0.4, -0.2) is 11.9 Å². The SMILES string of the molecule is CC[C@@H](C)Nc1ccc(NC(C)=O)cc1. The summed E-state index contributed by atoms with van der Waals surface area (Å²) in [6.07, 6.45) is 1.09. The molecule has 1 atom stereocenters. The van der Waals surface area contributed by atoms with Crippen LogP contribution in [0.4, 0.5) is 11.4 Å². The summed E-state index contributed by atoms with van der Waals surface area (Å²) < 4.78 is 0. The predicted molar refractivity (Wildman–Crippen MR) is 64.1 cm³/mol. The van der Waals surface area contributed by atoms with E-state index in [-0.39, 0.29) is 5.91 Å². The molecule has 15 heavy (non-hydrogen) atoms. The number of carbonyl (C=O) groups is 1. The molecule has 0 saturated carbocycles. The van der Waals surface area contributed by atoms with E-state index in [0.29, 0.717) is 6.04 Å². The first-order chi connectivity index (χ1) is 7.11. The molecule has 3 nitrogen and oxygen atoms in total. The van der Waals surface area contributed by atoms with Gasteiger partial charge >= 0.3 is 0 Å². The van der Waals surface area contributed by atoms with Crippen LogP contribution in [-0.2, 0) is 4.79 Å². The zero-order chi connectivity index (χ0) is 11.3. The minimum atomic E-state index is -0.0439. The Morgan fingerprint density at radius 3 is 2.27 bits per heavy atom. The van der Waals surface area contributed by atoms with Crippen LogP contribution >= 0.6 is 0 Å². The molecule has 1 amide bonds. The molecule has 1 rings (SSSR count). The van der Waals surface area contributed by atoms with E-state index in [4.69, 9.17) is 0 Å². The molecule has 0 radical (unpaired) electrons. The van der Waals surface area contributed by atoms with E-state index in [1.165, 1.54) is 6.92 Å². The molecule has 0 unspecified atom stereocenters. The quantitative estimate of drug-likeness (QED) is 0.795. The maximum absolute atomic E-state index is 10.8. The fourth-order valence-electron chi connectivity index (χ4n) is 1.24. The number of nitrogens with one attached hydrogen (secondary N) is 2. The average Bonchev–Trinajstić information content (AvgIpc) is 2.20. The number of amides is 1. The third-order valence-electron chi connectivity index (χ3n) is 2.23. The Labute approximate surface area is 90.9 Å². The van der Waals surface area contributed by atoms with Crippen LogP contribution in [0.2, 0.25) is 0 Å². The number of hydrogen-bond donors (Lipinski definition) is 2. The molecular formula is C12H18N2O. The maximum Gasteiger partial charge on any atom is 0.221 e. The van der Waals surface area contributed by atoms with Crippen LogP contribution in [0.5, 0.6) is 0 Å². The van der Waals surface area contributed by atoms with Crippen molar-refractivity contribution in [2.45, 2.75) is 33.2 Å². The highest BCUT2D eigenvalue weighted by atomic mass is 16.1. The molecule has 82 valence electrons. The van der Waals surface area contributed by atoms with Gasteiger partial charge in [-0.1, -0.05) is 6.92 Å². The highest BCUT2D eigenvalue weighted by Crippen LogP contribution is 2.14. The molecule has 0 heterocycles. The van der Waals surface area contributed by atoms with Gasteiger partial charge < -0.3 is 10.6 Å². The van der Waals surface area contributed by atoms with Crippen molar-refractivity contribution in [3.63, 3.8) is 0 Å². The lowest BCUT2D eigenvalue weighted by Gasteiger charge is -2.13. The van der Waals surface area contributed by atoms with Gasteiger partial charge in [0.25, 0.3) is 0 Å². The van der Waals surface area contributed by atoms with Crippen molar-refractivity contribution >= 4 is 17.3 Å². The molecule has 1 aromatic carbocycles. The van der Waals surface area contributed by atoms with Crippen LogP contribution in [0.1, 0.15) is 27.2 Å². The van der Waals surface area contributed by atoms with Gasteiger partial charge in [-0.05, 0) is 37.6 Å². The van der Waals surface area contributed by atoms with Crippen LogP contribution in [0.3, 0.4) is 0 Å². The molecule has 2 N–H and O–H groups in total. The molecule has 0 saturated heterocycles. The molecule has 0 fully saturated rings. The molecule has 1 aromatic rings. The first-order valence-electron chi connectivity index (χ1n) is 5.26. The van der Waals surface area contributed by atoms with E-state index in [0.717, 1.165) is 17.8 Å². The van der Waals surface area contributed by atoms with Crippen molar-refractivity contribution in [3.8, 4) is 0 Å². The molecule has 0 aliphatic rings. The van der Waals surface area contributed by atoms with Crippen molar-refractivity contribution in [2.24, 2.45) is 0 Å². The summed E-state index contributed by atoms with van der Waals surface area (Å²) in [4.78, 5) is 10.8. The van der Waals surface area contributed by atoms with Crippen molar-refractivity contribution < 1.29 is 4.79 Å². The summed E-state index contributed by atoms with van der Waals surface area (Å²) in [5.74, 6) is -0.0439. The van der Waals surface area contributed by atoms with Crippen LogP contribution in [0, 0.1) is 0 Å². The van der Waals surface area contributed by atoms with Gasteiger partial charge in [-0.15, -0.1) is 0 Å².